The molecule has 0 atom stereocenters. The van der Waals surface area contributed by atoms with Gasteiger partial charge in [-0.1, -0.05) is 91.8 Å². The zero-order valence-corrected chi connectivity index (χ0v) is 37.2. The standard InChI is InChI=1S/C46H58N2O8S2/c1-11-55-41(49)29-47(57(51,52)31-17-19-35-37(27-31)45(7,8)25-23-43(35,3)4)39-21-22-40(34-16-14-13-15-33(34)39)48(30-42(50)56-12-2)58(53,54)32-18-20-36-38(28-32)46(9,10)26-24-44(36,5)6/h13-22,27-28H,11-12,23-26,29-30H2,1-10H3. The number of fused-ring (bicyclic) bond motifs is 3. The summed E-state index contributed by atoms with van der Waals surface area (Å²) in [7, 11) is -8.83. The highest BCUT2D eigenvalue weighted by Crippen LogP contribution is 2.48. The number of carbonyl (C=O) groups is 2. The Morgan fingerprint density at radius 2 is 0.845 bits per heavy atom. The summed E-state index contributed by atoms with van der Waals surface area (Å²) in [5, 5.41) is 0.703. The molecule has 0 radical (unpaired) electrons. The molecule has 312 valence electrons. The normalized spacial score (nSPS) is 17.8. The van der Waals surface area contributed by atoms with Crippen LogP contribution in [0.3, 0.4) is 0 Å². The van der Waals surface area contributed by atoms with Crippen molar-refractivity contribution in [1.29, 1.82) is 0 Å². The fourth-order valence-electron chi connectivity index (χ4n) is 8.66. The predicted octanol–water partition coefficient (Wildman–Crippen LogP) is 9.05. The lowest BCUT2D eigenvalue weighted by molar-refractivity contribution is -0.142. The van der Waals surface area contributed by atoms with Gasteiger partial charge in [-0.2, -0.15) is 0 Å². The van der Waals surface area contributed by atoms with Gasteiger partial charge >= 0.3 is 11.9 Å². The van der Waals surface area contributed by atoms with Gasteiger partial charge in [0.05, 0.1) is 34.4 Å². The van der Waals surface area contributed by atoms with E-state index in [1.807, 2.05) is 12.1 Å². The molecular formula is C46H58N2O8S2. The van der Waals surface area contributed by atoms with Crippen molar-refractivity contribution in [2.75, 3.05) is 34.9 Å². The molecule has 0 fully saturated rings. The molecule has 4 aromatic rings. The number of benzene rings is 4. The SMILES string of the molecule is CCOC(=O)CN(c1ccc(N(CC(=O)OCC)S(=O)(=O)c2ccc3c(c2)C(C)(C)CCC3(C)C)c2ccccc12)S(=O)(=O)c1ccc2c(c1)C(C)(C)CCC2(C)C. The lowest BCUT2D eigenvalue weighted by atomic mass is 9.63. The Morgan fingerprint density at radius 1 is 0.517 bits per heavy atom. The summed E-state index contributed by atoms with van der Waals surface area (Å²) in [4.78, 5) is 26.5. The molecule has 4 aromatic carbocycles. The summed E-state index contributed by atoms with van der Waals surface area (Å²) in [6, 6.07) is 20.2. The van der Waals surface area contributed by atoms with Crippen LogP contribution in [0, 0.1) is 0 Å². The lowest BCUT2D eigenvalue weighted by Gasteiger charge is -2.42. The Balaban J connectivity index is 1.54. The maximum absolute atomic E-state index is 14.9. The van der Waals surface area contributed by atoms with E-state index in [1.54, 1.807) is 62.4 Å². The Kier molecular flexibility index (Phi) is 11.4. The summed E-state index contributed by atoms with van der Waals surface area (Å²) in [5.74, 6) is -1.49. The molecule has 6 rings (SSSR count). The highest BCUT2D eigenvalue weighted by Gasteiger charge is 2.41. The molecule has 0 unspecified atom stereocenters. The molecule has 0 N–H and O–H groups in total. The Morgan fingerprint density at radius 3 is 1.17 bits per heavy atom. The molecule has 0 heterocycles. The van der Waals surface area contributed by atoms with Crippen LogP contribution < -0.4 is 8.61 Å². The third-order valence-electron chi connectivity index (χ3n) is 12.4. The van der Waals surface area contributed by atoms with Crippen molar-refractivity contribution in [2.45, 2.75) is 126 Å². The van der Waals surface area contributed by atoms with Gasteiger partial charge in [0, 0.05) is 10.8 Å². The van der Waals surface area contributed by atoms with E-state index in [2.05, 4.69) is 55.4 Å². The zero-order valence-electron chi connectivity index (χ0n) is 35.6. The Hall–Kier alpha value is -4.42. The van der Waals surface area contributed by atoms with Crippen molar-refractivity contribution in [3.05, 3.63) is 95.1 Å². The Bertz CT molecular complexity index is 2310. The quantitative estimate of drug-likeness (QED) is 0.130. The van der Waals surface area contributed by atoms with E-state index < -0.39 is 45.1 Å². The molecule has 10 nitrogen and oxygen atoms in total. The van der Waals surface area contributed by atoms with E-state index in [4.69, 9.17) is 9.47 Å². The summed E-state index contributed by atoms with van der Waals surface area (Å²) in [6.45, 7) is 19.2. The van der Waals surface area contributed by atoms with E-state index in [0.717, 1.165) is 56.5 Å². The van der Waals surface area contributed by atoms with Crippen LogP contribution in [0.2, 0.25) is 0 Å². The van der Waals surface area contributed by atoms with Crippen LogP contribution in [0.1, 0.15) is 117 Å². The maximum atomic E-state index is 14.9. The average molecular weight is 831 g/mol. The number of esters is 2. The number of hydrogen-bond donors (Lipinski definition) is 0. The van der Waals surface area contributed by atoms with Crippen molar-refractivity contribution in [3.63, 3.8) is 0 Å². The monoisotopic (exact) mass is 830 g/mol. The second-order valence-corrected chi connectivity index (χ2v) is 22.0. The molecule has 0 spiro atoms. The summed E-state index contributed by atoms with van der Waals surface area (Å²) in [5.41, 5.74) is 3.49. The largest absolute Gasteiger partial charge is 0.465 e. The summed E-state index contributed by atoms with van der Waals surface area (Å²) in [6.07, 6.45) is 3.67. The van der Waals surface area contributed by atoms with Gasteiger partial charge in [-0.25, -0.2) is 16.8 Å². The number of anilines is 2. The molecule has 0 amide bonds. The number of hydrogen-bond acceptors (Lipinski definition) is 8. The lowest BCUT2D eigenvalue weighted by Crippen LogP contribution is -2.39. The minimum atomic E-state index is -4.41. The van der Waals surface area contributed by atoms with Crippen LogP contribution >= 0.6 is 0 Å². The predicted molar refractivity (Wildman–Crippen MR) is 230 cm³/mol. The zero-order chi connectivity index (χ0) is 42.6. The van der Waals surface area contributed by atoms with Crippen LogP contribution in [0.5, 0.6) is 0 Å². The smallest absolute Gasteiger partial charge is 0.326 e. The molecule has 0 saturated heterocycles. The fraction of sp³-hybridized carbons (Fsp3) is 0.478. The molecule has 0 saturated carbocycles. The molecule has 2 aliphatic rings. The molecule has 0 aromatic heterocycles. The number of carbonyl (C=O) groups excluding carboxylic acids is 2. The highest BCUT2D eigenvalue weighted by molar-refractivity contribution is 7.93. The number of rotatable bonds is 12. The molecular weight excluding hydrogens is 773 g/mol. The van der Waals surface area contributed by atoms with Gasteiger partial charge < -0.3 is 9.47 Å². The molecule has 58 heavy (non-hydrogen) atoms. The van der Waals surface area contributed by atoms with E-state index in [0.29, 0.717) is 10.8 Å². The van der Waals surface area contributed by atoms with Gasteiger partial charge in [0.2, 0.25) is 0 Å². The third-order valence-corrected chi connectivity index (χ3v) is 15.9. The second kappa shape index (κ2) is 15.3. The van der Waals surface area contributed by atoms with E-state index in [9.17, 15) is 26.4 Å². The molecule has 2 aliphatic carbocycles. The molecule has 0 bridgehead atoms. The molecule has 12 heteroatoms. The van der Waals surface area contributed by atoms with Crippen LogP contribution in [-0.2, 0) is 60.8 Å². The maximum Gasteiger partial charge on any atom is 0.326 e. The highest BCUT2D eigenvalue weighted by atomic mass is 32.2. The van der Waals surface area contributed by atoms with Crippen molar-refractivity contribution >= 4 is 54.1 Å². The van der Waals surface area contributed by atoms with Crippen molar-refractivity contribution in [1.82, 2.24) is 0 Å². The summed E-state index contributed by atoms with van der Waals surface area (Å²) >= 11 is 0. The third kappa shape index (κ3) is 7.86. The topological polar surface area (TPSA) is 127 Å². The van der Waals surface area contributed by atoms with Gasteiger partial charge in [0.1, 0.15) is 13.1 Å². The van der Waals surface area contributed by atoms with Crippen molar-refractivity contribution in [2.24, 2.45) is 0 Å². The van der Waals surface area contributed by atoms with Crippen LogP contribution in [0.25, 0.3) is 10.8 Å². The summed E-state index contributed by atoms with van der Waals surface area (Å²) < 4.78 is 72.3. The first-order valence-electron chi connectivity index (χ1n) is 20.2. The van der Waals surface area contributed by atoms with E-state index >= 15 is 0 Å². The van der Waals surface area contributed by atoms with E-state index in [-0.39, 0.29) is 56.0 Å². The van der Waals surface area contributed by atoms with E-state index in [1.165, 1.54) is 12.1 Å². The van der Waals surface area contributed by atoms with Crippen molar-refractivity contribution in [3.8, 4) is 0 Å². The molecule has 0 aliphatic heterocycles. The number of ether oxygens (including phenoxy) is 2. The van der Waals surface area contributed by atoms with Gasteiger partial charge in [-0.15, -0.1) is 0 Å². The average Bonchev–Trinajstić information content (AvgIpc) is 3.16. The first-order chi connectivity index (χ1) is 27.0. The van der Waals surface area contributed by atoms with Crippen molar-refractivity contribution < 1.29 is 35.9 Å². The van der Waals surface area contributed by atoms with Gasteiger partial charge in [0.15, 0.2) is 0 Å². The minimum Gasteiger partial charge on any atom is -0.465 e. The van der Waals surface area contributed by atoms with Crippen LogP contribution in [-0.4, -0.2) is 55.1 Å². The van der Waals surface area contributed by atoms with Crippen LogP contribution in [0.15, 0.2) is 82.6 Å². The van der Waals surface area contributed by atoms with Crippen LogP contribution in [0.4, 0.5) is 11.4 Å². The fourth-order valence-corrected chi connectivity index (χ4v) is 11.6. The Labute approximate surface area is 345 Å². The first kappa shape index (κ1) is 43.2. The first-order valence-corrected chi connectivity index (χ1v) is 23.0. The van der Waals surface area contributed by atoms with Gasteiger partial charge in [-0.3, -0.25) is 18.2 Å². The number of sulfonamides is 2. The second-order valence-electron chi connectivity index (χ2n) is 18.2. The van der Waals surface area contributed by atoms with Gasteiger partial charge in [0.25, 0.3) is 20.0 Å². The number of nitrogens with zero attached hydrogens (tertiary/aromatic N) is 2. The minimum absolute atomic E-state index is 0.0273. The van der Waals surface area contributed by atoms with Gasteiger partial charge in [-0.05, 0) is 120 Å².